The summed E-state index contributed by atoms with van der Waals surface area (Å²) in [4.78, 5) is 15.2. The van der Waals surface area contributed by atoms with E-state index in [1.54, 1.807) is 5.48 Å². The lowest BCUT2D eigenvalue weighted by Gasteiger charge is -2.09. The van der Waals surface area contributed by atoms with E-state index in [4.69, 9.17) is 0 Å². The second-order valence-electron chi connectivity index (χ2n) is 2.94. The van der Waals surface area contributed by atoms with Gasteiger partial charge in [0.2, 0.25) is 0 Å². The van der Waals surface area contributed by atoms with E-state index in [9.17, 15) is 22.4 Å². The third-order valence-electron chi connectivity index (χ3n) is 1.60. The van der Waals surface area contributed by atoms with Gasteiger partial charge in [0.1, 0.15) is 5.82 Å². The summed E-state index contributed by atoms with van der Waals surface area (Å²) in [6, 6.07) is 3.58. The summed E-state index contributed by atoms with van der Waals surface area (Å²) in [6.45, 7) is -1.62. The number of rotatable bonds is 3. The number of hydrogen-bond acceptors (Lipinski definition) is 2. The van der Waals surface area contributed by atoms with E-state index >= 15 is 0 Å². The molecule has 0 heterocycles. The zero-order valence-electron chi connectivity index (χ0n) is 8.15. The SMILES string of the molecule is O=C(NOCC(F)(F)F)c1cccc(F)c1Br. The minimum atomic E-state index is -4.55. The number of halogens is 5. The highest BCUT2D eigenvalue weighted by Gasteiger charge is 2.28. The minimum absolute atomic E-state index is 0.145. The number of hydroxylamine groups is 1. The average molecular weight is 316 g/mol. The highest BCUT2D eigenvalue weighted by Crippen LogP contribution is 2.20. The van der Waals surface area contributed by atoms with Crippen LogP contribution >= 0.6 is 15.9 Å². The molecule has 0 aliphatic carbocycles. The van der Waals surface area contributed by atoms with Gasteiger partial charge in [0, 0.05) is 0 Å². The maximum Gasteiger partial charge on any atom is 0.414 e. The van der Waals surface area contributed by atoms with Gasteiger partial charge in [-0.2, -0.15) is 13.2 Å². The molecule has 1 rings (SSSR count). The molecule has 8 heteroatoms. The van der Waals surface area contributed by atoms with Crippen molar-refractivity contribution < 1.29 is 27.2 Å². The largest absolute Gasteiger partial charge is 0.414 e. The number of alkyl halides is 3. The lowest BCUT2D eigenvalue weighted by molar-refractivity contribution is -0.184. The Bertz CT molecular complexity index is 422. The van der Waals surface area contributed by atoms with Gasteiger partial charge in [-0.25, -0.2) is 9.87 Å². The Morgan fingerprint density at radius 1 is 1.41 bits per heavy atom. The summed E-state index contributed by atoms with van der Waals surface area (Å²) < 4.78 is 48.0. The zero-order valence-corrected chi connectivity index (χ0v) is 9.73. The average Bonchev–Trinajstić information content (AvgIpc) is 2.20. The number of nitrogens with one attached hydrogen (secondary N) is 1. The summed E-state index contributed by atoms with van der Waals surface area (Å²) >= 11 is 2.80. The fourth-order valence-electron chi connectivity index (χ4n) is 0.918. The first-order valence-electron chi connectivity index (χ1n) is 4.24. The van der Waals surface area contributed by atoms with Crippen molar-refractivity contribution in [1.82, 2.24) is 5.48 Å². The van der Waals surface area contributed by atoms with Gasteiger partial charge >= 0.3 is 6.18 Å². The molecule has 0 radical (unpaired) electrons. The van der Waals surface area contributed by atoms with Gasteiger partial charge < -0.3 is 0 Å². The normalized spacial score (nSPS) is 11.4. The van der Waals surface area contributed by atoms with E-state index in [1.807, 2.05) is 0 Å². The molecule has 1 amide bonds. The molecule has 1 aromatic carbocycles. The summed E-state index contributed by atoms with van der Waals surface area (Å²) in [5.74, 6) is -1.67. The lowest BCUT2D eigenvalue weighted by atomic mass is 10.2. The van der Waals surface area contributed by atoms with Crippen molar-refractivity contribution in [3.63, 3.8) is 0 Å². The Hall–Kier alpha value is -1.15. The molecule has 17 heavy (non-hydrogen) atoms. The molecule has 0 unspecified atom stereocenters. The van der Waals surface area contributed by atoms with Crippen LogP contribution in [-0.2, 0) is 4.84 Å². The quantitative estimate of drug-likeness (QED) is 0.688. The predicted molar refractivity (Wildman–Crippen MR) is 53.6 cm³/mol. The predicted octanol–water partition coefficient (Wildman–Crippen LogP) is 2.81. The van der Waals surface area contributed by atoms with Gasteiger partial charge in [-0.05, 0) is 28.1 Å². The van der Waals surface area contributed by atoms with Crippen LogP contribution in [0.4, 0.5) is 17.6 Å². The standard InChI is InChI=1S/C9H6BrF4NO2/c10-7-5(2-1-3-6(7)11)8(16)15-17-4-9(12,13)14/h1-3H,4H2,(H,15,16). The number of benzene rings is 1. The number of carbonyl (C=O) groups excluding carboxylic acids is 1. The summed E-state index contributed by atoms with van der Waals surface area (Å²) in [5, 5.41) is 0. The molecule has 0 aliphatic heterocycles. The number of carbonyl (C=O) groups is 1. The van der Waals surface area contributed by atoms with Crippen LogP contribution in [0.5, 0.6) is 0 Å². The lowest BCUT2D eigenvalue weighted by Crippen LogP contribution is -2.29. The van der Waals surface area contributed by atoms with E-state index in [-0.39, 0.29) is 10.0 Å². The molecule has 0 fully saturated rings. The Morgan fingerprint density at radius 3 is 2.65 bits per heavy atom. The third-order valence-corrected chi connectivity index (χ3v) is 2.40. The fraction of sp³-hybridized carbons (Fsp3) is 0.222. The molecule has 0 saturated carbocycles. The number of amides is 1. The topological polar surface area (TPSA) is 38.3 Å². The molecule has 3 nitrogen and oxygen atoms in total. The van der Waals surface area contributed by atoms with Gasteiger partial charge in [-0.15, -0.1) is 0 Å². The molecule has 0 saturated heterocycles. The van der Waals surface area contributed by atoms with Crippen LogP contribution in [-0.4, -0.2) is 18.7 Å². The highest BCUT2D eigenvalue weighted by molar-refractivity contribution is 9.10. The molecule has 0 bridgehead atoms. The molecule has 94 valence electrons. The van der Waals surface area contributed by atoms with Gasteiger partial charge in [0.25, 0.3) is 5.91 Å². The van der Waals surface area contributed by atoms with Gasteiger partial charge in [0.15, 0.2) is 6.61 Å². The van der Waals surface area contributed by atoms with Crippen molar-refractivity contribution in [2.24, 2.45) is 0 Å². The highest BCUT2D eigenvalue weighted by atomic mass is 79.9. The van der Waals surface area contributed by atoms with Crippen LogP contribution in [0.25, 0.3) is 0 Å². The zero-order chi connectivity index (χ0) is 13.1. The molecule has 0 atom stereocenters. The van der Waals surface area contributed by atoms with Crippen molar-refractivity contribution in [2.45, 2.75) is 6.18 Å². The van der Waals surface area contributed by atoms with Crippen LogP contribution in [0, 0.1) is 5.82 Å². The van der Waals surface area contributed by atoms with E-state index in [0.29, 0.717) is 0 Å². The van der Waals surface area contributed by atoms with Crippen molar-refractivity contribution in [3.05, 3.63) is 34.1 Å². The van der Waals surface area contributed by atoms with Gasteiger partial charge in [0.05, 0.1) is 10.0 Å². The molecular formula is C9H6BrF4NO2. The van der Waals surface area contributed by atoms with Crippen LogP contribution in [0.1, 0.15) is 10.4 Å². The van der Waals surface area contributed by atoms with Crippen LogP contribution in [0.2, 0.25) is 0 Å². The third kappa shape index (κ3) is 4.31. The minimum Gasteiger partial charge on any atom is -0.267 e. The molecule has 1 N–H and O–H groups in total. The monoisotopic (exact) mass is 315 g/mol. The number of hydrogen-bond donors (Lipinski definition) is 1. The fourth-order valence-corrected chi connectivity index (χ4v) is 1.36. The summed E-state index contributed by atoms with van der Waals surface area (Å²) in [7, 11) is 0. The van der Waals surface area contributed by atoms with Crippen molar-refractivity contribution in [1.29, 1.82) is 0 Å². The molecule has 0 aliphatic rings. The van der Waals surface area contributed by atoms with Crippen molar-refractivity contribution >= 4 is 21.8 Å². The molecule has 0 spiro atoms. The van der Waals surface area contributed by atoms with Crippen LogP contribution < -0.4 is 5.48 Å². The van der Waals surface area contributed by atoms with Crippen molar-refractivity contribution in [2.75, 3.05) is 6.61 Å². The maximum absolute atomic E-state index is 13.0. The van der Waals surface area contributed by atoms with E-state index in [0.717, 1.165) is 6.07 Å². The molecule has 1 aromatic rings. The van der Waals surface area contributed by atoms with Gasteiger partial charge in [-0.3, -0.25) is 9.63 Å². The first-order chi connectivity index (χ1) is 7.81. The Labute approximate surface area is 102 Å². The van der Waals surface area contributed by atoms with E-state index in [2.05, 4.69) is 20.8 Å². The smallest absolute Gasteiger partial charge is 0.267 e. The van der Waals surface area contributed by atoms with E-state index in [1.165, 1.54) is 12.1 Å². The van der Waals surface area contributed by atoms with Crippen LogP contribution in [0.15, 0.2) is 22.7 Å². The second-order valence-corrected chi connectivity index (χ2v) is 3.73. The molecular weight excluding hydrogens is 310 g/mol. The van der Waals surface area contributed by atoms with Gasteiger partial charge in [-0.1, -0.05) is 6.07 Å². The van der Waals surface area contributed by atoms with E-state index < -0.39 is 24.5 Å². The maximum atomic E-state index is 13.0. The Kier molecular flexibility index (Phi) is 4.47. The van der Waals surface area contributed by atoms with Crippen LogP contribution in [0.3, 0.4) is 0 Å². The first-order valence-corrected chi connectivity index (χ1v) is 5.03. The second kappa shape index (κ2) is 5.46. The summed E-state index contributed by atoms with van der Waals surface area (Å²) in [6.07, 6.45) is -4.55. The molecule has 0 aromatic heterocycles. The Morgan fingerprint density at radius 2 is 2.06 bits per heavy atom. The first kappa shape index (κ1) is 13.9. The Balaban J connectivity index is 2.62. The van der Waals surface area contributed by atoms with Crippen molar-refractivity contribution in [3.8, 4) is 0 Å². The summed E-state index contributed by atoms with van der Waals surface area (Å²) in [5.41, 5.74) is 1.41.